The molecule has 23 heavy (non-hydrogen) atoms. The monoisotopic (exact) mass is 376 g/mol. The number of anilines is 2. The zero-order chi connectivity index (χ0) is 18.3. The number of halogens is 9. The molecule has 1 aliphatic rings. The number of fused-ring (bicyclic) bond motifs is 1. The summed E-state index contributed by atoms with van der Waals surface area (Å²) in [6.45, 7) is 2.07. The average Bonchev–Trinajstić information content (AvgIpc) is 2.58. The second-order valence-electron chi connectivity index (χ2n) is 4.76. The first kappa shape index (κ1) is 19.7. The average molecular weight is 376 g/mol. The zero-order valence-corrected chi connectivity index (χ0v) is 12.7. The van der Waals surface area contributed by atoms with Gasteiger partial charge >= 0.3 is 40.6 Å². The molecular weight excluding hydrogens is 362 g/mol. The van der Waals surface area contributed by atoms with Crippen molar-refractivity contribution >= 4 is 19.2 Å². The summed E-state index contributed by atoms with van der Waals surface area (Å²) >= 11 is 0. The van der Waals surface area contributed by atoms with Crippen LogP contribution in [0.4, 0.5) is 49.7 Å². The molecule has 1 aliphatic heterocycles. The van der Waals surface area contributed by atoms with Crippen molar-refractivity contribution in [3.05, 3.63) is 24.3 Å². The molecule has 1 aromatic carbocycles. The van der Waals surface area contributed by atoms with Crippen LogP contribution in [0.1, 0.15) is 8.35 Å². The van der Waals surface area contributed by atoms with Gasteiger partial charge in [-0.1, -0.05) is 12.1 Å². The van der Waals surface area contributed by atoms with E-state index in [1.165, 1.54) is 16.8 Å². The molecule has 0 radical (unpaired) electrons. The summed E-state index contributed by atoms with van der Waals surface area (Å²) in [5.74, 6) is 0. The molecule has 1 atom stereocenters. The molecule has 0 amide bonds. The van der Waals surface area contributed by atoms with E-state index in [9.17, 15) is 38.4 Å². The summed E-state index contributed by atoms with van der Waals surface area (Å²) in [4.78, 5) is 2.65. The van der Waals surface area contributed by atoms with Crippen molar-refractivity contribution in [2.75, 3.05) is 23.4 Å². The topological polar surface area (TPSA) is 6.48 Å². The molecule has 1 heterocycles. The van der Waals surface area contributed by atoms with Crippen LogP contribution in [0.15, 0.2) is 24.3 Å². The van der Waals surface area contributed by atoms with Gasteiger partial charge in [-0.3, -0.25) is 0 Å². The van der Waals surface area contributed by atoms with Crippen LogP contribution in [0.5, 0.6) is 0 Å². The number of para-hydroxylation sites is 2. The quantitative estimate of drug-likeness (QED) is 0.417. The van der Waals surface area contributed by atoms with Gasteiger partial charge in [-0.05, 0) is 19.1 Å². The third-order valence-electron chi connectivity index (χ3n) is 2.87. The maximum Gasteiger partial charge on any atom is 1.00 e. The molecule has 0 saturated heterocycles. The Morgan fingerprint density at radius 3 is 1.74 bits per heavy atom. The molecule has 136 valence electrons. The normalized spacial score (nSPS) is 21.1. The van der Waals surface area contributed by atoms with Crippen molar-refractivity contribution in [3.63, 3.8) is 0 Å². The minimum absolute atomic E-state index is 0. The zero-order valence-electron chi connectivity index (χ0n) is 12.8. The van der Waals surface area contributed by atoms with Gasteiger partial charge in [0.2, 0.25) is 6.17 Å². The summed E-state index contributed by atoms with van der Waals surface area (Å²) < 4.78 is 98.0. The van der Waals surface area contributed by atoms with Crippen LogP contribution in [0.3, 0.4) is 0 Å². The van der Waals surface area contributed by atoms with Crippen LogP contribution in [0.2, 0.25) is 0 Å². The second-order valence-corrected chi connectivity index (χ2v) is 6.68. The van der Waals surface area contributed by atoms with Crippen LogP contribution >= 0.6 is 7.81 Å². The van der Waals surface area contributed by atoms with Crippen molar-refractivity contribution in [2.24, 2.45) is 0 Å². The molecule has 12 heteroatoms. The van der Waals surface area contributed by atoms with Gasteiger partial charge in [-0.2, -0.15) is 13.2 Å². The van der Waals surface area contributed by atoms with Crippen LogP contribution in [0, 0.1) is 0 Å². The number of alkyl halides is 3. The van der Waals surface area contributed by atoms with Gasteiger partial charge in [0.05, 0.1) is 11.4 Å². The molecule has 0 aliphatic carbocycles. The smallest absolute Gasteiger partial charge is 1.00 e. The molecule has 2 rings (SSSR count). The first-order chi connectivity index (χ1) is 9.91. The fraction of sp³-hybridized carbons (Fsp3) is 0.455. The van der Waals surface area contributed by atoms with E-state index in [0.29, 0.717) is 17.9 Å². The summed E-state index contributed by atoms with van der Waals surface area (Å²) in [5, 5.41) is 0. The Bertz CT molecular complexity index is 561. The van der Waals surface area contributed by atoms with E-state index < -0.39 is 20.2 Å². The van der Waals surface area contributed by atoms with Crippen molar-refractivity contribution < 1.29 is 39.8 Å². The van der Waals surface area contributed by atoms with Gasteiger partial charge in [-0.25, -0.2) is 0 Å². The van der Waals surface area contributed by atoms with E-state index in [2.05, 4.69) is 0 Å². The largest absolute Gasteiger partial charge is 1.00 e. The molecule has 0 fully saturated rings. The molecule has 1 aromatic rings. The summed E-state index contributed by atoms with van der Waals surface area (Å²) in [5.41, 5.74) is 1.28. The fourth-order valence-electron chi connectivity index (χ4n) is 2.22. The van der Waals surface area contributed by atoms with Gasteiger partial charge in [0.15, 0.2) is 0 Å². The molecule has 0 saturated carbocycles. The Balaban J connectivity index is 0.000000570. The minimum Gasteiger partial charge on any atom is 1.00 e. The Hall–Kier alpha value is -1.38. The Labute approximate surface area is 127 Å². The molecule has 0 spiro atoms. The van der Waals surface area contributed by atoms with E-state index in [4.69, 9.17) is 0 Å². The maximum atomic E-state index is 12.9. The fourth-order valence-corrected chi connectivity index (χ4v) is 2.22. The Kier molecular flexibility index (Phi) is 4.32. The van der Waals surface area contributed by atoms with E-state index >= 15 is 0 Å². The third-order valence-corrected chi connectivity index (χ3v) is 2.87. The van der Waals surface area contributed by atoms with Crippen LogP contribution < -0.4 is 9.80 Å². The van der Waals surface area contributed by atoms with Crippen molar-refractivity contribution in [2.45, 2.75) is 19.3 Å². The summed E-state index contributed by atoms with van der Waals surface area (Å²) in [7, 11) is -9.18. The van der Waals surface area contributed by atoms with Crippen LogP contribution in [-0.2, 0) is 0 Å². The van der Waals surface area contributed by atoms with Crippen molar-refractivity contribution in [1.29, 1.82) is 0 Å². The predicted molar refractivity (Wildman–Crippen MR) is 72.4 cm³/mol. The van der Waals surface area contributed by atoms with Crippen LogP contribution in [-0.4, -0.2) is 25.9 Å². The van der Waals surface area contributed by atoms with E-state index in [-0.39, 0.29) is 1.43 Å². The second kappa shape index (κ2) is 5.06. The summed E-state index contributed by atoms with van der Waals surface area (Å²) in [6, 6.07) is 6.95. The van der Waals surface area contributed by atoms with Gasteiger partial charge in [0.1, 0.15) is 0 Å². The van der Waals surface area contributed by atoms with Gasteiger partial charge < -0.3 is 9.80 Å². The molecule has 0 aromatic heterocycles. The van der Waals surface area contributed by atoms with E-state index in [1.807, 2.05) is 0 Å². The molecule has 1 unspecified atom stereocenters. The van der Waals surface area contributed by atoms with Crippen molar-refractivity contribution in [3.8, 4) is 0 Å². The number of benzene rings is 1. The number of hydrogen-bond donors (Lipinski definition) is 0. The van der Waals surface area contributed by atoms with Crippen molar-refractivity contribution in [1.82, 2.24) is 0 Å². The van der Waals surface area contributed by atoms with Gasteiger partial charge in [0, 0.05) is 13.6 Å². The van der Waals surface area contributed by atoms with E-state index in [1.54, 1.807) is 31.2 Å². The minimum atomic E-state index is -10.7. The van der Waals surface area contributed by atoms with E-state index in [0.717, 1.165) is 0 Å². The maximum absolute atomic E-state index is 12.9. The SMILES string of the molecule is CCN1c2ccccc2N(C)C1C(F)(F)F.F[P-](F)(F)(F)(F)F.[H+]. The number of hydrogen-bond acceptors (Lipinski definition) is 2. The van der Waals surface area contributed by atoms with Crippen LogP contribution in [0.25, 0.3) is 0 Å². The molecular formula is C11H14F9N2P. The molecule has 2 nitrogen and oxygen atoms in total. The molecule has 0 N–H and O–H groups in total. The first-order valence-corrected chi connectivity index (χ1v) is 8.16. The standard InChI is InChI=1S/C11H13F3N2.F6P/c1-3-16-9-7-5-4-6-8(9)15(2)10(16)11(12,13)14;1-7(2,3,4,5)6/h4-7,10H,3H2,1-2H3;/q;-1/p+1. The third kappa shape index (κ3) is 6.32. The molecule has 0 bridgehead atoms. The predicted octanol–water partition coefficient (Wildman–Crippen LogP) is 6.35. The Morgan fingerprint density at radius 2 is 1.39 bits per heavy atom. The number of nitrogens with zero attached hydrogens (tertiary/aromatic N) is 2. The van der Waals surface area contributed by atoms with Gasteiger partial charge in [-0.15, -0.1) is 0 Å². The first-order valence-electron chi connectivity index (χ1n) is 6.13. The summed E-state index contributed by atoms with van der Waals surface area (Å²) in [6.07, 6.45) is -5.79. The number of rotatable bonds is 1. The van der Waals surface area contributed by atoms with Gasteiger partial charge in [0.25, 0.3) is 0 Å². The Morgan fingerprint density at radius 1 is 1.00 bits per heavy atom.